The molecule has 0 bridgehead atoms. The van der Waals surface area contributed by atoms with Gasteiger partial charge in [0.2, 0.25) is 0 Å². The van der Waals surface area contributed by atoms with Gasteiger partial charge in [-0.25, -0.2) is 0 Å². The maximum atomic E-state index is 10.2. The monoisotopic (exact) mass is 417 g/mol. The molecular weight excluding hydrogens is 389 g/mol. The molecule has 2 N–H and O–H groups in total. The number of hydrogen-bond donors (Lipinski definition) is 2. The third-order valence-electron chi connectivity index (χ3n) is 4.04. The summed E-state index contributed by atoms with van der Waals surface area (Å²) in [6.45, 7) is 6.29. The summed E-state index contributed by atoms with van der Waals surface area (Å²) < 4.78 is 0. The largest absolute Gasteiger partial charge is 0.388 e. The highest BCUT2D eigenvalue weighted by Gasteiger charge is 2.34. The summed E-state index contributed by atoms with van der Waals surface area (Å²) in [5, 5.41) is 13.5. The smallest absolute Gasteiger partial charge is 0.194 e. The zero-order valence-electron chi connectivity index (χ0n) is 13.8. The van der Waals surface area contributed by atoms with Crippen molar-refractivity contribution in [2.75, 3.05) is 20.1 Å². The number of guanidine groups is 1. The average Bonchev–Trinajstić information content (AvgIpc) is 2.43. The molecule has 0 heterocycles. The number of hydrogen-bond acceptors (Lipinski definition) is 2. The SMILES string of the molecule is CCNC(=NCC1(O)CCC1)N(C)Cc1ccc(C)cc1.I. The minimum Gasteiger partial charge on any atom is -0.388 e. The molecule has 0 amide bonds. The molecule has 4 nitrogen and oxygen atoms in total. The third kappa shape index (κ3) is 5.43. The first-order valence-electron chi connectivity index (χ1n) is 7.80. The van der Waals surface area contributed by atoms with Crippen LogP contribution in [0.4, 0.5) is 0 Å². The predicted octanol–water partition coefficient (Wildman–Crippen LogP) is 2.93. The highest BCUT2D eigenvalue weighted by molar-refractivity contribution is 14.0. The molecule has 0 saturated heterocycles. The van der Waals surface area contributed by atoms with Gasteiger partial charge in [0, 0.05) is 20.1 Å². The second kappa shape index (κ2) is 8.72. The van der Waals surface area contributed by atoms with Crippen molar-refractivity contribution in [3.63, 3.8) is 0 Å². The molecule has 1 aliphatic rings. The van der Waals surface area contributed by atoms with Crippen molar-refractivity contribution >= 4 is 29.9 Å². The number of nitrogens with zero attached hydrogens (tertiary/aromatic N) is 2. The Balaban J connectivity index is 0.00000242. The molecule has 5 heteroatoms. The Morgan fingerprint density at radius 2 is 1.95 bits per heavy atom. The van der Waals surface area contributed by atoms with Crippen LogP contribution in [0.2, 0.25) is 0 Å². The highest BCUT2D eigenvalue weighted by Crippen LogP contribution is 2.31. The summed E-state index contributed by atoms with van der Waals surface area (Å²) in [7, 11) is 2.03. The van der Waals surface area contributed by atoms with E-state index in [1.807, 2.05) is 7.05 Å². The van der Waals surface area contributed by atoms with Crippen molar-refractivity contribution in [2.24, 2.45) is 4.99 Å². The normalized spacial score (nSPS) is 16.5. The van der Waals surface area contributed by atoms with Gasteiger partial charge in [-0.05, 0) is 38.7 Å². The Bertz CT molecular complexity index is 483. The summed E-state index contributed by atoms with van der Waals surface area (Å²) in [4.78, 5) is 6.71. The summed E-state index contributed by atoms with van der Waals surface area (Å²) in [5.41, 5.74) is 1.97. The van der Waals surface area contributed by atoms with E-state index in [1.165, 1.54) is 11.1 Å². The van der Waals surface area contributed by atoms with E-state index >= 15 is 0 Å². The van der Waals surface area contributed by atoms with E-state index in [0.29, 0.717) is 6.54 Å². The van der Waals surface area contributed by atoms with Crippen LogP contribution in [-0.4, -0.2) is 41.7 Å². The number of rotatable bonds is 5. The Morgan fingerprint density at radius 1 is 1.32 bits per heavy atom. The van der Waals surface area contributed by atoms with Gasteiger partial charge < -0.3 is 15.3 Å². The van der Waals surface area contributed by atoms with Gasteiger partial charge in [0.05, 0.1) is 12.1 Å². The van der Waals surface area contributed by atoms with E-state index in [2.05, 4.69) is 53.3 Å². The van der Waals surface area contributed by atoms with E-state index in [9.17, 15) is 5.11 Å². The summed E-state index contributed by atoms with van der Waals surface area (Å²) in [5.74, 6) is 0.860. The zero-order chi connectivity index (χ0) is 15.3. The Labute approximate surface area is 151 Å². The quantitative estimate of drug-likeness (QED) is 0.440. The standard InChI is InChI=1S/C17H27N3O.HI/c1-4-18-16(19-13-17(21)10-5-11-17)20(3)12-15-8-6-14(2)7-9-15;/h6-9,21H,4-5,10-13H2,1-3H3,(H,18,19);1H. The first-order valence-corrected chi connectivity index (χ1v) is 7.80. The molecule has 1 aromatic rings. The van der Waals surface area contributed by atoms with Gasteiger partial charge in [-0.2, -0.15) is 0 Å². The maximum absolute atomic E-state index is 10.2. The Kier molecular flexibility index (Phi) is 7.62. The number of aryl methyl sites for hydroxylation is 1. The van der Waals surface area contributed by atoms with Gasteiger partial charge in [-0.3, -0.25) is 4.99 Å². The molecule has 1 aliphatic carbocycles. The molecule has 124 valence electrons. The van der Waals surface area contributed by atoms with Crippen molar-refractivity contribution in [1.29, 1.82) is 0 Å². The molecular formula is C17H28IN3O. The molecule has 0 aliphatic heterocycles. The first-order chi connectivity index (χ1) is 10.0. The van der Waals surface area contributed by atoms with E-state index in [0.717, 1.165) is 38.3 Å². The minimum atomic E-state index is -0.564. The van der Waals surface area contributed by atoms with Crippen LogP contribution < -0.4 is 5.32 Å². The lowest BCUT2D eigenvalue weighted by Crippen LogP contribution is -2.43. The van der Waals surface area contributed by atoms with Gasteiger partial charge in [0.1, 0.15) is 0 Å². The Morgan fingerprint density at radius 3 is 2.45 bits per heavy atom. The van der Waals surface area contributed by atoms with E-state index in [-0.39, 0.29) is 24.0 Å². The molecule has 0 unspecified atom stereocenters. The highest BCUT2D eigenvalue weighted by atomic mass is 127. The number of halogens is 1. The van der Waals surface area contributed by atoms with Gasteiger partial charge in [0.25, 0.3) is 0 Å². The van der Waals surface area contributed by atoms with Gasteiger partial charge in [0.15, 0.2) is 5.96 Å². The summed E-state index contributed by atoms with van der Waals surface area (Å²) >= 11 is 0. The fourth-order valence-corrected chi connectivity index (χ4v) is 2.48. The second-order valence-corrected chi connectivity index (χ2v) is 6.09. The predicted molar refractivity (Wildman–Crippen MR) is 103 cm³/mol. The topological polar surface area (TPSA) is 47.9 Å². The van der Waals surface area contributed by atoms with Crippen LogP contribution in [-0.2, 0) is 6.54 Å². The van der Waals surface area contributed by atoms with E-state index in [4.69, 9.17) is 0 Å². The van der Waals surface area contributed by atoms with E-state index in [1.54, 1.807) is 0 Å². The van der Waals surface area contributed by atoms with Crippen molar-refractivity contribution in [1.82, 2.24) is 10.2 Å². The molecule has 2 rings (SSSR count). The first kappa shape index (κ1) is 19.2. The summed E-state index contributed by atoms with van der Waals surface area (Å²) in [6.07, 6.45) is 2.86. The lowest BCUT2D eigenvalue weighted by molar-refractivity contribution is -0.0237. The van der Waals surface area contributed by atoms with Crippen molar-refractivity contribution in [3.05, 3.63) is 35.4 Å². The van der Waals surface area contributed by atoms with Crippen LogP contribution in [0.5, 0.6) is 0 Å². The molecule has 1 saturated carbocycles. The minimum absolute atomic E-state index is 0. The zero-order valence-corrected chi connectivity index (χ0v) is 16.1. The van der Waals surface area contributed by atoms with Crippen molar-refractivity contribution < 1.29 is 5.11 Å². The summed E-state index contributed by atoms with van der Waals surface area (Å²) in [6, 6.07) is 8.55. The molecule has 0 atom stereocenters. The van der Waals surface area contributed by atoms with Crippen LogP contribution >= 0.6 is 24.0 Å². The molecule has 0 aromatic heterocycles. The van der Waals surface area contributed by atoms with Crippen LogP contribution in [0, 0.1) is 6.92 Å². The molecule has 1 fully saturated rings. The van der Waals surface area contributed by atoms with Crippen LogP contribution in [0.1, 0.15) is 37.3 Å². The number of aliphatic hydroxyl groups is 1. The third-order valence-corrected chi connectivity index (χ3v) is 4.04. The molecule has 0 spiro atoms. The maximum Gasteiger partial charge on any atom is 0.194 e. The lowest BCUT2D eigenvalue weighted by atomic mass is 9.80. The van der Waals surface area contributed by atoms with Crippen LogP contribution in [0.3, 0.4) is 0 Å². The average molecular weight is 417 g/mol. The van der Waals surface area contributed by atoms with Gasteiger partial charge >= 0.3 is 0 Å². The fourth-order valence-electron chi connectivity index (χ4n) is 2.48. The number of aliphatic imine (C=N–C) groups is 1. The Hall–Kier alpha value is -0.820. The number of nitrogens with one attached hydrogen (secondary N) is 1. The van der Waals surface area contributed by atoms with Crippen molar-refractivity contribution in [2.45, 2.75) is 45.3 Å². The molecule has 1 aromatic carbocycles. The van der Waals surface area contributed by atoms with E-state index < -0.39 is 5.60 Å². The van der Waals surface area contributed by atoms with Crippen LogP contribution in [0.25, 0.3) is 0 Å². The number of benzene rings is 1. The van der Waals surface area contributed by atoms with Crippen molar-refractivity contribution in [3.8, 4) is 0 Å². The lowest BCUT2D eigenvalue weighted by Gasteiger charge is -2.35. The van der Waals surface area contributed by atoms with Gasteiger partial charge in [-0.15, -0.1) is 24.0 Å². The second-order valence-electron chi connectivity index (χ2n) is 6.09. The fraction of sp³-hybridized carbons (Fsp3) is 0.588. The van der Waals surface area contributed by atoms with Crippen LogP contribution in [0.15, 0.2) is 29.3 Å². The molecule has 0 radical (unpaired) electrons. The van der Waals surface area contributed by atoms with Gasteiger partial charge in [-0.1, -0.05) is 29.8 Å². The molecule has 22 heavy (non-hydrogen) atoms.